The Morgan fingerprint density at radius 3 is 2.63 bits per heavy atom. The zero-order chi connectivity index (χ0) is 14.2. The summed E-state index contributed by atoms with van der Waals surface area (Å²) in [6.07, 6.45) is 1.14. The predicted molar refractivity (Wildman–Crippen MR) is 80.8 cm³/mol. The number of rotatable bonds is 4. The lowest BCUT2D eigenvalue weighted by Crippen LogP contribution is -2.05. The molecular weight excluding hydrogens is 302 g/mol. The van der Waals surface area contributed by atoms with Crippen LogP contribution in [0.1, 0.15) is 15.3 Å². The molecule has 2 aromatic rings. The zero-order valence-electron chi connectivity index (χ0n) is 10.9. The van der Waals surface area contributed by atoms with Crippen molar-refractivity contribution < 1.29 is 8.42 Å². The molecule has 3 N–H and O–H groups in total. The van der Waals surface area contributed by atoms with E-state index in [1.165, 1.54) is 10.4 Å². The average Bonchev–Trinajstić information content (AvgIpc) is 2.80. The minimum atomic E-state index is -3.36. The Bertz CT molecular complexity index is 681. The number of aryl methyl sites for hydroxylation is 2. The molecule has 0 atom stereocenters. The maximum Gasteiger partial charge on any atom is 0.182 e. The largest absolute Gasteiger partial charge is 0.382 e. The van der Waals surface area contributed by atoms with E-state index in [1.807, 2.05) is 0 Å². The van der Waals surface area contributed by atoms with Gasteiger partial charge in [0.1, 0.15) is 9.90 Å². The van der Waals surface area contributed by atoms with E-state index in [4.69, 9.17) is 5.73 Å². The first-order valence-electron chi connectivity index (χ1n) is 5.54. The Kier molecular flexibility index (Phi) is 3.84. The molecule has 0 saturated carbocycles. The summed E-state index contributed by atoms with van der Waals surface area (Å²) in [5.74, 6) is 0.0635. The highest BCUT2D eigenvalue weighted by Gasteiger charge is 2.21. The van der Waals surface area contributed by atoms with Crippen molar-refractivity contribution in [3.8, 4) is 0 Å². The third-order valence-corrected chi connectivity index (χ3v) is 5.94. The van der Waals surface area contributed by atoms with Crippen LogP contribution in [-0.4, -0.2) is 19.0 Å². The molecule has 0 spiro atoms. The van der Waals surface area contributed by atoms with Crippen LogP contribution in [0, 0.1) is 13.8 Å². The van der Waals surface area contributed by atoms with Crippen LogP contribution in [0.5, 0.6) is 0 Å². The van der Waals surface area contributed by atoms with Crippen molar-refractivity contribution in [3.05, 3.63) is 21.4 Å². The fraction of sp³-hybridized carbons (Fsp3) is 0.364. The highest BCUT2D eigenvalue weighted by atomic mass is 32.2. The second-order valence-corrected chi connectivity index (χ2v) is 8.37. The van der Waals surface area contributed by atoms with Gasteiger partial charge in [0.15, 0.2) is 15.7 Å². The van der Waals surface area contributed by atoms with Gasteiger partial charge in [-0.2, -0.15) is 4.37 Å². The van der Waals surface area contributed by atoms with Crippen LogP contribution < -0.4 is 11.1 Å². The van der Waals surface area contributed by atoms with Gasteiger partial charge in [0.05, 0.1) is 6.54 Å². The van der Waals surface area contributed by atoms with Crippen molar-refractivity contribution in [1.29, 1.82) is 0 Å². The number of nitrogen functional groups attached to an aromatic ring is 1. The van der Waals surface area contributed by atoms with Gasteiger partial charge in [-0.15, -0.1) is 11.3 Å². The van der Waals surface area contributed by atoms with E-state index in [0.29, 0.717) is 11.5 Å². The van der Waals surface area contributed by atoms with E-state index in [9.17, 15) is 8.42 Å². The van der Waals surface area contributed by atoms with E-state index in [-0.39, 0.29) is 10.7 Å². The Balaban J connectivity index is 2.21. The second kappa shape index (κ2) is 5.10. The Morgan fingerprint density at radius 2 is 2.11 bits per heavy atom. The smallest absolute Gasteiger partial charge is 0.182 e. The summed E-state index contributed by atoms with van der Waals surface area (Å²) in [5.41, 5.74) is 6.85. The standard InChI is InChI=1S/C11H15N3O2S3/c1-6-4-8(17-7(6)2)5-13-11-9(19(3,15)16)10(12)14-18-11/h4,13H,5H2,1-3H3,(H2,12,14). The molecular formula is C11H15N3O2S3. The lowest BCUT2D eigenvalue weighted by molar-refractivity contribution is 0.602. The zero-order valence-corrected chi connectivity index (χ0v) is 13.3. The maximum atomic E-state index is 11.7. The summed E-state index contributed by atoms with van der Waals surface area (Å²) in [6, 6.07) is 2.09. The highest BCUT2D eigenvalue weighted by Crippen LogP contribution is 2.32. The number of nitrogens with one attached hydrogen (secondary N) is 1. The number of aromatic nitrogens is 1. The monoisotopic (exact) mass is 317 g/mol. The SMILES string of the molecule is Cc1cc(CNc2snc(N)c2S(C)(=O)=O)sc1C. The number of nitrogens with two attached hydrogens (primary N) is 1. The maximum absolute atomic E-state index is 11.7. The first-order valence-corrected chi connectivity index (χ1v) is 9.02. The first-order chi connectivity index (χ1) is 8.79. The molecule has 2 aromatic heterocycles. The molecule has 0 aromatic carbocycles. The summed E-state index contributed by atoms with van der Waals surface area (Å²) in [7, 11) is -3.36. The van der Waals surface area contributed by atoms with Gasteiger partial charge in [0.25, 0.3) is 0 Å². The molecule has 8 heteroatoms. The summed E-state index contributed by atoms with van der Waals surface area (Å²) < 4.78 is 27.2. The normalized spacial score (nSPS) is 11.7. The number of anilines is 2. The van der Waals surface area contributed by atoms with Gasteiger partial charge >= 0.3 is 0 Å². The molecule has 104 valence electrons. The number of hydrogen-bond donors (Lipinski definition) is 2. The average molecular weight is 317 g/mol. The molecule has 0 amide bonds. The molecule has 0 saturated heterocycles. The molecule has 0 aliphatic heterocycles. The van der Waals surface area contributed by atoms with Gasteiger partial charge in [-0.1, -0.05) is 0 Å². The quantitative estimate of drug-likeness (QED) is 0.904. The van der Waals surface area contributed by atoms with E-state index in [1.54, 1.807) is 11.3 Å². The van der Waals surface area contributed by atoms with Crippen LogP contribution in [-0.2, 0) is 16.4 Å². The number of hydrogen-bond acceptors (Lipinski definition) is 7. The first kappa shape index (κ1) is 14.3. The van der Waals surface area contributed by atoms with Gasteiger partial charge in [-0.25, -0.2) is 8.42 Å². The van der Waals surface area contributed by atoms with Gasteiger partial charge in [0.2, 0.25) is 0 Å². The lowest BCUT2D eigenvalue weighted by Gasteiger charge is -2.04. The molecule has 0 unspecified atom stereocenters. The number of sulfone groups is 1. The van der Waals surface area contributed by atoms with Crippen LogP contribution in [0.25, 0.3) is 0 Å². The lowest BCUT2D eigenvalue weighted by atomic mass is 10.3. The van der Waals surface area contributed by atoms with Crippen LogP contribution in [0.2, 0.25) is 0 Å². The Labute approximate surface area is 120 Å². The van der Waals surface area contributed by atoms with E-state index in [0.717, 1.165) is 22.7 Å². The topological polar surface area (TPSA) is 85.1 Å². The van der Waals surface area contributed by atoms with Crippen molar-refractivity contribution in [2.75, 3.05) is 17.3 Å². The van der Waals surface area contributed by atoms with Crippen molar-refractivity contribution in [2.24, 2.45) is 0 Å². The molecule has 0 radical (unpaired) electrons. The molecule has 0 aliphatic rings. The number of thiophene rings is 1. The van der Waals surface area contributed by atoms with E-state index < -0.39 is 9.84 Å². The van der Waals surface area contributed by atoms with Gasteiger partial charge in [-0.3, -0.25) is 0 Å². The molecule has 0 bridgehead atoms. The molecule has 2 rings (SSSR count). The fourth-order valence-corrected chi connectivity index (χ4v) is 4.73. The van der Waals surface area contributed by atoms with Gasteiger partial charge in [0, 0.05) is 16.0 Å². The summed E-state index contributed by atoms with van der Waals surface area (Å²) in [4.78, 5) is 2.52. The summed E-state index contributed by atoms with van der Waals surface area (Å²) in [5, 5.41) is 3.61. The summed E-state index contributed by atoms with van der Waals surface area (Å²) >= 11 is 2.77. The molecule has 5 nitrogen and oxygen atoms in total. The minimum absolute atomic E-state index is 0.0635. The van der Waals surface area contributed by atoms with E-state index >= 15 is 0 Å². The van der Waals surface area contributed by atoms with Crippen molar-refractivity contribution in [3.63, 3.8) is 0 Å². The highest BCUT2D eigenvalue weighted by molar-refractivity contribution is 7.91. The van der Waals surface area contributed by atoms with Crippen molar-refractivity contribution in [1.82, 2.24) is 4.37 Å². The molecule has 0 fully saturated rings. The fourth-order valence-electron chi connectivity index (χ4n) is 1.67. The minimum Gasteiger partial charge on any atom is -0.382 e. The van der Waals surface area contributed by atoms with Crippen LogP contribution in [0.3, 0.4) is 0 Å². The third kappa shape index (κ3) is 3.07. The predicted octanol–water partition coefficient (Wildman–Crippen LogP) is 2.42. The van der Waals surface area contributed by atoms with Crippen molar-refractivity contribution >= 4 is 43.5 Å². The van der Waals surface area contributed by atoms with Crippen LogP contribution in [0.4, 0.5) is 10.8 Å². The third-order valence-electron chi connectivity index (χ3n) is 2.69. The molecule has 0 aliphatic carbocycles. The van der Waals surface area contributed by atoms with Crippen molar-refractivity contribution in [2.45, 2.75) is 25.3 Å². The second-order valence-electron chi connectivity index (χ2n) is 4.30. The Hall–Kier alpha value is -1.12. The molecule has 2 heterocycles. The van der Waals surface area contributed by atoms with Crippen LogP contribution in [0.15, 0.2) is 11.0 Å². The summed E-state index contributed by atoms with van der Waals surface area (Å²) in [6.45, 7) is 4.70. The van der Waals surface area contributed by atoms with Gasteiger partial charge in [-0.05, 0) is 37.0 Å². The van der Waals surface area contributed by atoms with Gasteiger partial charge < -0.3 is 11.1 Å². The molecule has 19 heavy (non-hydrogen) atoms. The van der Waals surface area contributed by atoms with E-state index in [2.05, 4.69) is 29.6 Å². The Morgan fingerprint density at radius 1 is 1.42 bits per heavy atom. The number of nitrogens with zero attached hydrogens (tertiary/aromatic N) is 1. The van der Waals surface area contributed by atoms with Crippen LogP contribution >= 0.6 is 22.9 Å².